The maximum Gasteiger partial charge on any atom is 0.236 e. The lowest BCUT2D eigenvalue weighted by atomic mass is 10.4. The van der Waals surface area contributed by atoms with Crippen molar-refractivity contribution in [3.8, 4) is 0 Å². The monoisotopic (exact) mass is 294 g/mol. The van der Waals surface area contributed by atoms with Crippen LogP contribution in [0.3, 0.4) is 0 Å². The highest BCUT2D eigenvalue weighted by molar-refractivity contribution is 6.30. The van der Waals surface area contributed by atoms with Crippen LogP contribution in [-0.2, 0) is 11.3 Å². The van der Waals surface area contributed by atoms with Gasteiger partial charge in [0.25, 0.3) is 0 Å². The first-order valence-corrected chi connectivity index (χ1v) is 7.13. The number of aromatic nitrogens is 2. The molecule has 0 aliphatic heterocycles. The van der Waals surface area contributed by atoms with Crippen LogP contribution in [0.2, 0.25) is 5.02 Å². The highest BCUT2D eigenvalue weighted by atomic mass is 35.5. The third-order valence-electron chi connectivity index (χ3n) is 3.16. The Morgan fingerprint density at radius 1 is 1.35 bits per heavy atom. The van der Waals surface area contributed by atoms with Gasteiger partial charge in [-0.2, -0.15) is 0 Å². The molecule has 0 unspecified atom stereocenters. The van der Waals surface area contributed by atoms with E-state index in [0.717, 1.165) is 24.4 Å². The zero-order chi connectivity index (χ0) is 14.5. The number of nitrogens with zero attached hydrogens (tertiary/aromatic N) is 3. The average Bonchev–Trinajstić information content (AvgIpc) is 2.82. The predicted molar refractivity (Wildman–Crippen MR) is 79.8 cm³/mol. The molecule has 5 nitrogen and oxygen atoms in total. The van der Waals surface area contributed by atoms with Crippen LogP contribution in [0.25, 0.3) is 5.65 Å². The van der Waals surface area contributed by atoms with Crippen LogP contribution in [0.15, 0.2) is 24.5 Å². The fraction of sp³-hybridized carbons (Fsp3) is 0.429. The quantitative estimate of drug-likeness (QED) is 0.886. The Morgan fingerprint density at radius 2 is 2.10 bits per heavy atom. The number of hydrogen-bond donors (Lipinski definition) is 1. The van der Waals surface area contributed by atoms with Crippen molar-refractivity contribution in [1.82, 2.24) is 19.6 Å². The Kier molecular flexibility index (Phi) is 4.98. The molecule has 108 valence electrons. The van der Waals surface area contributed by atoms with Gasteiger partial charge < -0.3 is 14.6 Å². The lowest BCUT2D eigenvalue weighted by Crippen LogP contribution is -2.37. The summed E-state index contributed by atoms with van der Waals surface area (Å²) in [5.41, 5.74) is 1.74. The maximum atomic E-state index is 11.8. The summed E-state index contributed by atoms with van der Waals surface area (Å²) in [7, 11) is 0. The van der Waals surface area contributed by atoms with Crippen LogP contribution in [0.4, 0.5) is 0 Å². The third-order valence-corrected chi connectivity index (χ3v) is 3.39. The van der Waals surface area contributed by atoms with E-state index >= 15 is 0 Å². The highest BCUT2D eigenvalue weighted by Crippen LogP contribution is 2.11. The number of likely N-dealkylation sites (N-methyl/N-ethyl adjacent to an activating group) is 1. The predicted octanol–water partition coefficient (Wildman–Crippen LogP) is 1.95. The molecule has 2 aromatic rings. The highest BCUT2D eigenvalue weighted by Gasteiger charge is 2.09. The molecular weight excluding hydrogens is 276 g/mol. The van der Waals surface area contributed by atoms with Crippen LogP contribution in [0, 0.1) is 0 Å². The molecule has 0 aliphatic carbocycles. The number of pyridine rings is 1. The SMILES string of the molecule is CCN(CC)C(=O)CNCc1cn2cc(Cl)ccc2n1. The molecule has 0 fully saturated rings. The third kappa shape index (κ3) is 3.49. The van der Waals surface area contributed by atoms with Gasteiger partial charge in [-0.15, -0.1) is 0 Å². The van der Waals surface area contributed by atoms with Crippen molar-refractivity contribution in [2.75, 3.05) is 19.6 Å². The van der Waals surface area contributed by atoms with E-state index in [-0.39, 0.29) is 5.91 Å². The van der Waals surface area contributed by atoms with Crippen LogP contribution in [0.1, 0.15) is 19.5 Å². The van der Waals surface area contributed by atoms with Crippen molar-refractivity contribution in [3.63, 3.8) is 0 Å². The fourth-order valence-corrected chi connectivity index (χ4v) is 2.26. The summed E-state index contributed by atoms with van der Waals surface area (Å²) in [6.07, 6.45) is 3.73. The van der Waals surface area contributed by atoms with E-state index < -0.39 is 0 Å². The van der Waals surface area contributed by atoms with E-state index in [1.54, 1.807) is 4.90 Å². The molecule has 0 radical (unpaired) electrons. The second-order valence-electron chi connectivity index (χ2n) is 4.51. The second kappa shape index (κ2) is 6.72. The standard InChI is InChI=1S/C14H19ClN4O/c1-3-18(4-2)14(20)8-16-7-12-10-19-9-11(15)5-6-13(19)17-12/h5-6,9-10,16H,3-4,7-8H2,1-2H3. The van der Waals surface area contributed by atoms with E-state index in [2.05, 4.69) is 10.3 Å². The molecule has 0 spiro atoms. The van der Waals surface area contributed by atoms with Crippen molar-refractivity contribution in [3.05, 3.63) is 35.2 Å². The van der Waals surface area contributed by atoms with Gasteiger partial charge in [-0.1, -0.05) is 11.6 Å². The van der Waals surface area contributed by atoms with Crippen molar-refractivity contribution < 1.29 is 4.79 Å². The molecule has 0 atom stereocenters. The molecule has 6 heteroatoms. The Bertz CT molecular complexity index is 592. The number of halogens is 1. The molecule has 0 bridgehead atoms. The van der Waals surface area contributed by atoms with E-state index in [4.69, 9.17) is 11.6 Å². The molecule has 0 saturated heterocycles. The van der Waals surface area contributed by atoms with Crippen LogP contribution < -0.4 is 5.32 Å². The zero-order valence-electron chi connectivity index (χ0n) is 11.8. The molecule has 1 N–H and O–H groups in total. The molecule has 2 heterocycles. The molecule has 0 saturated carbocycles. The minimum Gasteiger partial charge on any atom is -0.342 e. The molecule has 2 rings (SSSR count). The van der Waals surface area contributed by atoms with Crippen molar-refractivity contribution >= 4 is 23.2 Å². The lowest BCUT2D eigenvalue weighted by molar-refractivity contribution is -0.129. The number of imidazole rings is 1. The Morgan fingerprint density at radius 3 is 2.80 bits per heavy atom. The summed E-state index contributed by atoms with van der Waals surface area (Å²) in [4.78, 5) is 18.1. The number of rotatable bonds is 6. The summed E-state index contributed by atoms with van der Waals surface area (Å²) in [5, 5.41) is 3.80. The fourth-order valence-electron chi connectivity index (χ4n) is 2.09. The number of carbonyl (C=O) groups excluding carboxylic acids is 1. The van der Waals surface area contributed by atoms with Gasteiger partial charge in [0.05, 0.1) is 17.3 Å². The van der Waals surface area contributed by atoms with Crippen molar-refractivity contribution in [2.45, 2.75) is 20.4 Å². The van der Waals surface area contributed by atoms with E-state index in [0.29, 0.717) is 18.1 Å². The summed E-state index contributed by atoms with van der Waals surface area (Å²) in [6, 6.07) is 3.68. The first-order chi connectivity index (χ1) is 9.63. The Balaban J connectivity index is 1.91. The van der Waals surface area contributed by atoms with Crippen molar-refractivity contribution in [1.29, 1.82) is 0 Å². The topological polar surface area (TPSA) is 49.6 Å². The van der Waals surface area contributed by atoms with Gasteiger partial charge in [0.2, 0.25) is 5.91 Å². The average molecular weight is 295 g/mol. The molecule has 0 aliphatic rings. The smallest absolute Gasteiger partial charge is 0.236 e. The normalized spacial score (nSPS) is 10.9. The minimum absolute atomic E-state index is 0.113. The van der Waals surface area contributed by atoms with Gasteiger partial charge in [-0.25, -0.2) is 4.98 Å². The van der Waals surface area contributed by atoms with E-state index in [1.807, 2.05) is 42.8 Å². The molecular formula is C14H19ClN4O. The summed E-state index contributed by atoms with van der Waals surface area (Å²) in [5.74, 6) is 0.113. The van der Waals surface area contributed by atoms with Gasteiger partial charge in [0.15, 0.2) is 0 Å². The van der Waals surface area contributed by atoms with Gasteiger partial charge >= 0.3 is 0 Å². The van der Waals surface area contributed by atoms with Crippen LogP contribution in [-0.4, -0.2) is 39.8 Å². The number of nitrogens with one attached hydrogen (secondary N) is 1. The van der Waals surface area contributed by atoms with Crippen molar-refractivity contribution in [2.24, 2.45) is 0 Å². The first kappa shape index (κ1) is 14.8. The molecule has 0 aromatic carbocycles. The summed E-state index contributed by atoms with van der Waals surface area (Å²) >= 11 is 5.93. The van der Waals surface area contributed by atoms with E-state index in [1.165, 1.54) is 0 Å². The van der Waals surface area contributed by atoms with E-state index in [9.17, 15) is 4.79 Å². The zero-order valence-corrected chi connectivity index (χ0v) is 12.5. The number of amides is 1. The minimum atomic E-state index is 0.113. The van der Waals surface area contributed by atoms with Gasteiger partial charge in [-0.05, 0) is 26.0 Å². The summed E-state index contributed by atoms with van der Waals surface area (Å²) in [6.45, 7) is 6.33. The van der Waals surface area contributed by atoms with Gasteiger partial charge in [-0.3, -0.25) is 4.79 Å². The second-order valence-corrected chi connectivity index (χ2v) is 4.95. The number of carbonyl (C=O) groups is 1. The molecule has 20 heavy (non-hydrogen) atoms. The molecule has 2 aromatic heterocycles. The molecule has 1 amide bonds. The van der Waals surface area contributed by atoms with Gasteiger partial charge in [0, 0.05) is 32.0 Å². The van der Waals surface area contributed by atoms with Gasteiger partial charge in [0.1, 0.15) is 5.65 Å². The Labute approximate surface area is 123 Å². The Hall–Kier alpha value is -1.59. The van der Waals surface area contributed by atoms with Crippen LogP contribution in [0.5, 0.6) is 0 Å². The summed E-state index contributed by atoms with van der Waals surface area (Å²) < 4.78 is 1.88. The largest absolute Gasteiger partial charge is 0.342 e. The number of fused-ring (bicyclic) bond motifs is 1. The number of hydrogen-bond acceptors (Lipinski definition) is 3. The first-order valence-electron chi connectivity index (χ1n) is 6.75. The maximum absolute atomic E-state index is 11.8. The lowest BCUT2D eigenvalue weighted by Gasteiger charge is -2.18. The van der Waals surface area contributed by atoms with Crippen LogP contribution >= 0.6 is 11.6 Å².